The van der Waals surface area contributed by atoms with Crippen LogP contribution in [0.25, 0.3) is 0 Å². The summed E-state index contributed by atoms with van der Waals surface area (Å²) in [4.78, 5) is 0. The Labute approximate surface area is 84.1 Å². The standard InChI is InChI=1S/C10H18O4/c11-4-1-9-7-13-10(14-9)8-2-5-12-6-3-8/h8-11H,1-7H2. The summed E-state index contributed by atoms with van der Waals surface area (Å²) in [6.45, 7) is 2.44. The van der Waals surface area contributed by atoms with Gasteiger partial charge in [-0.25, -0.2) is 0 Å². The van der Waals surface area contributed by atoms with Crippen LogP contribution >= 0.6 is 0 Å². The Morgan fingerprint density at radius 2 is 2.00 bits per heavy atom. The molecule has 2 unspecified atom stereocenters. The Morgan fingerprint density at radius 3 is 2.71 bits per heavy atom. The molecule has 0 aromatic carbocycles. The van der Waals surface area contributed by atoms with Crippen molar-refractivity contribution in [2.24, 2.45) is 5.92 Å². The van der Waals surface area contributed by atoms with Gasteiger partial charge in [0.2, 0.25) is 0 Å². The number of hydrogen-bond acceptors (Lipinski definition) is 4. The molecule has 2 fully saturated rings. The zero-order chi connectivity index (χ0) is 9.80. The van der Waals surface area contributed by atoms with Crippen molar-refractivity contribution < 1.29 is 19.3 Å². The molecular formula is C10H18O4. The molecule has 0 bridgehead atoms. The molecule has 0 amide bonds. The number of aliphatic hydroxyl groups is 1. The maximum atomic E-state index is 8.77. The Kier molecular flexibility index (Phi) is 3.75. The van der Waals surface area contributed by atoms with Gasteiger partial charge in [-0.15, -0.1) is 0 Å². The van der Waals surface area contributed by atoms with Gasteiger partial charge >= 0.3 is 0 Å². The molecule has 2 aliphatic rings. The summed E-state index contributed by atoms with van der Waals surface area (Å²) < 4.78 is 16.6. The molecule has 2 atom stereocenters. The number of hydrogen-bond donors (Lipinski definition) is 1. The van der Waals surface area contributed by atoms with Crippen molar-refractivity contribution in [2.45, 2.75) is 31.7 Å². The Morgan fingerprint density at radius 1 is 1.21 bits per heavy atom. The van der Waals surface area contributed by atoms with Gasteiger partial charge in [-0.05, 0) is 19.3 Å². The Balaban J connectivity index is 1.76. The van der Waals surface area contributed by atoms with Gasteiger partial charge in [0.05, 0.1) is 12.7 Å². The first-order valence-electron chi connectivity index (χ1n) is 5.36. The highest BCUT2D eigenvalue weighted by Gasteiger charge is 2.33. The van der Waals surface area contributed by atoms with Crippen LogP contribution < -0.4 is 0 Å². The van der Waals surface area contributed by atoms with Crippen LogP contribution in [0.15, 0.2) is 0 Å². The lowest BCUT2D eigenvalue weighted by Crippen LogP contribution is -2.28. The summed E-state index contributed by atoms with van der Waals surface area (Å²) in [5, 5.41) is 8.77. The van der Waals surface area contributed by atoms with E-state index < -0.39 is 0 Å². The molecule has 0 spiro atoms. The molecule has 0 aromatic rings. The van der Waals surface area contributed by atoms with Gasteiger partial charge in [0.15, 0.2) is 6.29 Å². The molecular weight excluding hydrogens is 184 g/mol. The topological polar surface area (TPSA) is 47.9 Å². The molecule has 0 radical (unpaired) electrons. The van der Waals surface area contributed by atoms with Crippen LogP contribution in [-0.2, 0) is 14.2 Å². The third kappa shape index (κ3) is 2.45. The second-order valence-corrected chi connectivity index (χ2v) is 3.92. The van der Waals surface area contributed by atoms with Gasteiger partial charge in [0.1, 0.15) is 0 Å². The lowest BCUT2D eigenvalue weighted by molar-refractivity contribution is -0.121. The summed E-state index contributed by atoms with van der Waals surface area (Å²) in [5.74, 6) is 0.479. The molecule has 4 nitrogen and oxygen atoms in total. The van der Waals surface area contributed by atoms with Crippen molar-refractivity contribution in [2.75, 3.05) is 26.4 Å². The zero-order valence-corrected chi connectivity index (χ0v) is 8.35. The SMILES string of the molecule is OCCC1COC(C2CCOCC2)O1. The first-order chi connectivity index (χ1) is 6.90. The van der Waals surface area contributed by atoms with E-state index in [1.807, 2.05) is 0 Å². The second-order valence-electron chi connectivity index (χ2n) is 3.92. The summed E-state index contributed by atoms with van der Waals surface area (Å²) in [6, 6.07) is 0. The molecule has 0 aromatic heterocycles. The molecule has 4 heteroatoms. The summed E-state index contributed by atoms with van der Waals surface area (Å²) >= 11 is 0. The summed E-state index contributed by atoms with van der Waals surface area (Å²) in [7, 11) is 0. The van der Waals surface area contributed by atoms with Crippen LogP contribution in [0, 0.1) is 5.92 Å². The molecule has 82 valence electrons. The van der Waals surface area contributed by atoms with Crippen molar-refractivity contribution in [3.63, 3.8) is 0 Å². The molecule has 0 aliphatic carbocycles. The highest BCUT2D eigenvalue weighted by Crippen LogP contribution is 2.27. The van der Waals surface area contributed by atoms with E-state index in [1.165, 1.54) is 0 Å². The smallest absolute Gasteiger partial charge is 0.161 e. The number of ether oxygens (including phenoxy) is 3. The molecule has 0 saturated carbocycles. The van der Waals surface area contributed by atoms with Crippen LogP contribution in [0.4, 0.5) is 0 Å². The van der Waals surface area contributed by atoms with Crippen molar-refractivity contribution in [3.05, 3.63) is 0 Å². The molecule has 14 heavy (non-hydrogen) atoms. The molecule has 2 saturated heterocycles. The minimum atomic E-state index is -0.0598. The number of aliphatic hydroxyl groups excluding tert-OH is 1. The maximum Gasteiger partial charge on any atom is 0.161 e. The van der Waals surface area contributed by atoms with Gasteiger partial charge < -0.3 is 19.3 Å². The average Bonchev–Trinajstić information content (AvgIpc) is 2.68. The normalized spacial score (nSPS) is 34.9. The fourth-order valence-corrected chi connectivity index (χ4v) is 2.00. The summed E-state index contributed by atoms with van der Waals surface area (Å²) in [5.41, 5.74) is 0. The molecule has 2 aliphatic heterocycles. The van der Waals surface area contributed by atoms with Crippen LogP contribution in [0.2, 0.25) is 0 Å². The van der Waals surface area contributed by atoms with Crippen molar-refractivity contribution in [1.82, 2.24) is 0 Å². The first kappa shape index (κ1) is 10.4. The predicted molar refractivity (Wildman–Crippen MR) is 49.9 cm³/mol. The fourth-order valence-electron chi connectivity index (χ4n) is 2.00. The monoisotopic (exact) mass is 202 g/mol. The van der Waals surface area contributed by atoms with Crippen molar-refractivity contribution in [1.29, 1.82) is 0 Å². The Bertz CT molecular complexity index is 168. The van der Waals surface area contributed by atoms with E-state index in [9.17, 15) is 0 Å². The van der Waals surface area contributed by atoms with Crippen LogP contribution in [0.5, 0.6) is 0 Å². The third-order valence-corrected chi connectivity index (χ3v) is 2.87. The van der Waals surface area contributed by atoms with E-state index in [0.717, 1.165) is 26.1 Å². The number of rotatable bonds is 3. The van der Waals surface area contributed by atoms with Crippen LogP contribution in [0.3, 0.4) is 0 Å². The first-order valence-corrected chi connectivity index (χ1v) is 5.36. The zero-order valence-electron chi connectivity index (χ0n) is 8.35. The second kappa shape index (κ2) is 5.07. The quantitative estimate of drug-likeness (QED) is 0.725. The maximum absolute atomic E-state index is 8.77. The van der Waals surface area contributed by atoms with Crippen molar-refractivity contribution in [3.8, 4) is 0 Å². The lowest BCUT2D eigenvalue weighted by atomic mass is 10.00. The van der Waals surface area contributed by atoms with Gasteiger partial charge in [0, 0.05) is 25.7 Å². The van der Waals surface area contributed by atoms with Crippen LogP contribution in [0.1, 0.15) is 19.3 Å². The predicted octanol–water partition coefficient (Wildman–Crippen LogP) is 0.537. The minimum absolute atomic E-state index is 0.0598. The van der Waals surface area contributed by atoms with E-state index >= 15 is 0 Å². The minimum Gasteiger partial charge on any atom is -0.396 e. The third-order valence-electron chi connectivity index (χ3n) is 2.87. The molecule has 1 N–H and O–H groups in total. The van der Waals surface area contributed by atoms with Gasteiger partial charge in [-0.1, -0.05) is 0 Å². The molecule has 2 rings (SSSR count). The van der Waals surface area contributed by atoms with Gasteiger partial charge in [-0.2, -0.15) is 0 Å². The van der Waals surface area contributed by atoms with E-state index in [0.29, 0.717) is 18.9 Å². The average molecular weight is 202 g/mol. The van der Waals surface area contributed by atoms with Gasteiger partial charge in [-0.3, -0.25) is 0 Å². The van der Waals surface area contributed by atoms with E-state index in [1.54, 1.807) is 0 Å². The van der Waals surface area contributed by atoms with E-state index in [4.69, 9.17) is 19.3 Å². The Hall–Kier alpha value is -0.160. The highest BCUT2D eigenvalue weighted by atomic mass is 16.7. The van der Waals surface area contributed by atoms with Crippen LogP contribution in [-0.4, -0.2) is 43.9 Å². The van der Waals surface area contributed by atoms with Gasteiger partial charge in [0.25, 0.3) is 0 Å². The highest BCUT2D eigenvalue weighted by molar-refractivity contribution is 4.73. The fraction of sp³-hybridized carbons (Fsp3) is 1.00. The largest absolute Gasteiger partial charge is 0.396 e. The van der Waals surface area contributed by atoms with E-state index in [-0.39, 0.29) is 19.0 Å². The van der Waals surface area contributed by atoms with Crippen molar-refractivity contribution >= 4 is 0 Å². The van der Waals surface area contributed by atoms with E-state index in [2.05, 4.69) is 0 Å². The summed E-state index contributed by atoms with van der Waals surface area (Å²) in [6.07, 6.45) is 2.76. The molecule has 2 heterocycles. The lowest BCUT2D eigenvalue weighted by Gasteiger charge is -2.26.